The number of carbonyl (C=O) groups is 2. The van der Waals surface area contributed by atoms with E-state index in [1.165, 1.54) is 37.3 Å². The summed E-state index contributed by atoms with van der Waals surface area (Å²) in [5, 5.41) is 23.2. The molecule has 2 aromatic rings. The number of aryl methyl sites for hydroxylation is 1. The van der Waals surface area contributed by atoms with Crippen LogP contribution < -0.4 is 5.32 Å². The van der Waals surface area contributed by atoms with Gasteiger partial charge in [-0.2, -0.15) is 0 Å². The van der Waals surface area contributed by atoms with Crippen LogP contribution in [0.5, 0.6) is 5.75 Å². The number of hydrogen-bond donors (Lipinski definition) is 2. The minimum atomic E-state index is -1.22. The first-order chi connectivity index (χ1) is 11.8. The van der Waals surface area contributed by atoms with Crippen LogP contribution in [0.3, 0.4) is 0 Å². The summed E-state index contributed by atoms with van der Waals surface area (Å²) in [6.45, 7) is 2.95. The van der Waals surface area contributed by atoms with Gasteiger partial charge >= 0.3 is 5.97 Å². The van der Waals surface area contributed by atoms with E-state index in [0.29, 0.717) is 5.56 Å². The zero-order chi connectivity index (χ0) is 18.6. The third kappa shape index (κ3) is 4.11. The number of para-hydroxylation sites is 3. The Morgan fingerprint density at radius 2 is 1.88 bits per heavy atom. The van der Waals surface area contributed by atoms with Crippen LogP contribution in [0.4, 0.5) is 11.4 Å². The molecule has 0 aliphatic rings. The molecule has 0 aliphatic heterocycles. The maximum atomic E-state index is 12.1. The fourth-order valence-corrected chi connectivity index (χ4v) is 2.07. The van der Waals surface area contributed by atoms with Crippen molar-refractivity contribution in [2.45, 2.75) is 20.0 Å². The Morgan fingerprint density at radius 1 is 1.20 bits per heavy atom. The van der Waals surface area contributed by atoms with Gasteiger partial charge in [0, 0.05) is 6.07 Å². The number of amides is 1. The zero-order valence-electron chi connectivity index (χ0n) is 13.6. The number of nitrogens with one attached hydrogen (secondary N) is 1. The Hall–Kier alpha value is -3.42. The fourth-order valence-electron chi connectivity index (χ4n) is 2.07. The number of phenolic OH excluding ortho intramolecular Hbond substituents is 1. The first kappa shape index (κ1) is 17.9. The topological polar surface area (TPSA) is 119 Å². The SMILES string of the molecule is Cc1cccc(C(=O)O[C@@H](C)C(=O)Nc2ccccc2[N+](=O)[O-])c1O. The van der Waals surface area contributed by atoms with Crippen molar-refractivity contribution < 1.29 is 24.4 Å². The van der Waals surface area contributed by atoms with Gasteiger partial charge in [-0.05, 0) is 31.5 Å². The summed E-state index contributed by atoms with van der Waals surface area (Å²) >= 11 is 0. The van der Waals surface area contributed by atoms with Gasteiger partial charge < -0.3 is 15.2 Å². The summed E-state index contributed by atoms with van der Waals surface area (Å²) in [5.74, 6) is -1.82. The minimum absolute atomic E-state index is 0.00111. The van der Waals surface area contributed by atoms with Gasteiger partial charge in [-0.3, -0.25) is 14.9 Å². The van der Waals surface area contributed by atoms with Crippen LogP contribution >= 0.6 is 0 Å². The van der Waals surface area contributed by atoms with Crippen molar-refractivity contribution in [1.29, 1.82) is 0 Å². The lowest BCUT2D eigenvalue weighted by Gasteiger charge is -2.14. The standard InChI is InChI=1S/C17H16N2O6/c1-10-6-5-7-12(15(10)20)17(22)25-11(2)16(21)18-13-8-3-4-9-14(13)19(23)24/h3-9,11,20H,1-2H3,(H,18,21)/t11-/m0/s1. The monoisotopic (exact) mass is 344 g/mol. The molecular formula is C17H16N2O6. The van der Waals surface area contributed by atoms with Crippen LogP contribution in [-0.2, 0) is 9.53 Å². The second kappa shape index (κ2) is 7.43. The van der Waals surface area contributed by atoms with Crippen molar-refractivity contribution in [2.24, 2.45) is 0 Å². The van der Waals surface area contributed by atoms with Crippen LogP contribution in [0, 0.1) is 17.0 Å². The summed E-state index contributed by atoms with van der Waals surface area (Å²) in [7, 11) is 0. The number of anilines is 1. The number of aromatic hydroxyl groups is 1. The Kier molecular flexibility index (Phi) is 5.33. The molecule has 0 aromatic heterocycles. The average molecular weight is 344 g/mol. The highest BCUT2D eigenvalue weighted by Crippen LogP contribution is 2.24. The van der Waals surface area contributed by atoms with E-state index in [9.17, 15) is 24.8 Å². The molecule has 0 bridgehead atoms. The summed E-state index contributed by atoms with van der Waals surface area (Å²) in [6, 6.07) is 10.2. The number of nitrogens with zero attached hydrogens (tertiary/aromatic N) is 1. The Balaban J connectivity index is 2.09. The van der Waals surface area contributed by atoms with Gasteiger partial charge in [0.15, 0.2) is 6.10 Å². The number of phenols is 1. The predicted octanol–water partition coefficient (Wildman–Crippen LogP) is 2.79. The average Bonchev–Trinajstić information content (AvgIpc) is 2.57. The fraction of sp³-hybridized carbons (Fsp3) is 0.176. The van der Waals surface area contributed by atoms with Gasteiger partial charge in [-0.1, -0.05) is 24.3 Å². The number of nitro groups is 1. The molecule has 8 nitrogen and oxygen atoms in total. The normalized spacial score (nSPS) is 11.4. The highest BCUT2D eigenvalue weighted by atomic mass is 16.6. The Bertz CT molecular complexity index is 834. The van der Waals surface area contributed by atoms with E-state index >= 15 is 0 Å². The largest absolute Gasteiger partial charge is 0.507 e. The van der Waals surface area contributed by atoms with Gasteiger partial charge in [0.2, 0.25) is 0 Å². The molecule has 2 N–H and O–H groups in total. The summed E-state index contributed by atoms with van der Waals surface area (Å²) in [4.78, 5) is 34.5. The van der Waals surface area contributed by atoms with Crippen molar-refractivity contribution in [3.05, 3.63) is 63.7 Å². The highest BCUT2D eigenvalue weighted by Gasteiger charge is 2.23. The van der Waals surface area contributed by atoms with Gasteiger partial charge in [0.25, 0.3) is 11.6 Å². The quantitative estimate of drug-likeness (QED) is 0.489. The molecule has 25 heavy (non-hydrogen) atoms. The molecule has 1 amide bonds. The molecule has 0 saturated carbocycles. The molecule has 0 spiro atoms. The zero-order valence-corrected chi connectivity index (χ0v) is 13.6. The number of nitro benzene ring substituents is 1. The number of rotatable bonds is 5. The summed E-state index contributed by atoms with van der Waals surface area (Å²) in [6.07, 6.45) is -1.22. The van der Waals surface area contributed by atoms with Crippen molar-refractivity contribution in [3.63, 3.8) is 0 Å². The lowest BCUT2D eigenvalue weighted by Crippen LogP contribution is -2.30. The molecule has 2 aromatic carbocycles. The van der Waals surface area contributed by atoms with Crippen LogP contribution in [0.15, 0.2) is 42.5 Å². The van der Waals surface area contributed by atoms with E-state index < -0.39 is 22.9 Å². The molecule has 0 unspecified atom stereocenters. The lowest BCUT2D eigenvalue weighted by atomic mass is 10.1. The van der Waals surface area contributed by atoms with Gasteiger partial charge in [0.05, 0.1) is 4.92 Å². The van der Waals surface area contributed by atoms with E-state index in [-0.39, 0.29) is 22.7 Å². The molecule has 1 atom stereocenters. The highest BCUT2D eigenvalue weighted by molar-refractivity contribution is 5.99. The molecule has 0 fully saturated rings. The predicted molar refractivity (Wildman–Crippen MR) is 89.4 cm³/mol. The molecular weight excluding hydrogens is 328 g/mol. The van der Waals surface area contributed by atoms with Crippen molar-refractivity contribution in [1.82, 2.24) is 0 Å². The van der Waals surface area contributed by atoms with Crippen molar-refractivity contribution in [3.8, 4) is 5.75 Å². The molecule has 0 radical (unpaired) electrons. The smallest absolute Gasteiger partial charge is 0.342 e. The molecule has 0 saturated heterocycles. The molecule has 130 valence electrons. The maximum absolute atomic E-state index is 12.1. The van der Waals surface area contributed by atoms with Crippen molar-refractivity contribution >= 4 is 23.3 Å². The second-order valence-corrected chi connectivity index (χ2v) is 5.28. The second-order valence-electron chi connectivity index (χ2n) is 5.28. The number of carbonyl (C=O) groups excluding carboxylic acids is 2. The molecule has 0 aliphatic carbocycles. The number of benzene rings is 2. The first-order valence-corrected chi connectivity index (χ1v) is 7.35. The van der Waals surface area contributed by atoms with Crippen LogP contribution in [0.25, 0.3) is 0 Å². The molecule has 8 heteroatoms. The van der Waals surface area contributed by atoms with Crippen LogP contribution in [0.1, 0.15) is 22.8 Å². The third-order valence-corrected chi connectivity index (χ3v) is 3.47. The first-order valence-electron chi connectivity index (χ1n) is 7.35. The minimum Gasteiger partial charge on any atom is -0.507 e. The molecule has 0 heterocycles. The van der Waals surface area contributed by atoms with Gasteiger partial charge in [-0.25, -0.2) is 4.79 Å². The summed E-state index contributed by atoms with van der Waals surface area (Å²) in [5.41, 5.74) is 0.154. The number of ether oxygens (including phenoxy) is 1. The van der Waals surface area contributed by atoms with Gasteiger partial charge in [0.1, 0.15) is 17.0 Å². The Labute approximate surface area is 143 Å². The maximum Gasteiger partial charge on any atom is 0.342 e. The van der Waals surface area contributed by atoms with Crippen LogP contribution in [0.2, 0.25) is 0 Å². The van der Waals surface area contributed by atoms with E-state index in [2.05, 4.69) is 5.32 Å². The van der Waals surface area contributed by atoms with E-state index in [1.54, 1.807) is 19.1 Å². The van der Waals surface area contributed by atoms with E-state index in [4.69, 9.17) is 4.74 Å². The number of hydrogen-bond acceptors (Lipinski definition) is 6. The number of esters is 1. The van der Waals surface area contributed by atoms with Gasteiger partial charge in [-0.15, -0.1) is 0 Å². The van der Waals surface area contributed by atoms with Crippen molar-refractivity contribution in [2.75, 3.05) is 5.32 Å². The van der Waals surface area contributed by atoms with E-state index in [0.717, 1.165) is 0 Å². The third-order valence-electron chi connectivity index (χ3n) is 3.47. The molecule has 2 rings (SSSR count). The Morgan fingerprint density at radius 3 is 2.56 bits per heavy atom. The summed E-state index contributed by atoms with van der Waals surface area (Å²) < 4.78 is 5.03. The lowest BCUT2D eigenvalue weighted by molar-refractivity contribution is -0.383. The van der Waals surface area contributed by atoms with E-state index in [1.807, 2.05) is 0 Å². The van der Waals surface area contributed by atoms with Crippen LogP contribution in [-0.4, -0.2) is 28.0 Å².